The van der Waals surface area contributed by atoms with E-state index in [1.807, 2.05) is 30.3 Å². The van der Waals surface area contributed by atoms with Crippen molar-refractivity contribution in [3.05, 3.63) is 131 Å². The summed E-state index contributed by atoms with van der Waals surface area (Å²) in [4.78, 5) is 14.6. The minimum absolute atomic E-state index is 0.0660. The Morgan fingerprint density at radius 3 is 2.14 bits per heavy atom. The molecule has 0 bridgehead atoms. The van der Waals surface area contributed by atoms with Gasteiger partial charge in [-0.3, -0.25) is 9.69 Å². The van der Waals surface area contributed by atoms with Gasteiger partial charge in [-0.25, -0.2) is 4.39 Å². The molecule has 0 saturated carbocycles. The van der Waals surface area contributed by atoms with Gasteiger partial charge in [0, 0.05) is 19.6 Å². The van der Waals surface area contributed by atoms with Crippen molar-refractivity contribution in [3.63, 3.8) is 0 Å². The van der Waals surface area contributed by atoms with Crippen LogP contribution < -0.4 is 5.32 Å². The Bertz CT molecular complexity index is 1280. The molecule has 3 aromatic carbocycles. The average molecular weight is 497 g/mol. The highest BCUT2D eigenvalue weighted by molar-refractivity contribution is 5.91. The number of amides is 1. The first-order valence-electron chi connectivity index (χ1n) is 11.3. The number of nitrogens with one attached hydrogen (secondary N) is 1. The lowest BCUT2D eigenvalue weighted by Crippen LogP contribution is -2.23. The molecule has 1 amide bonds. The molecule has 36 heavy (non-hydrogen) atoms. The summed E-state index contributed by atoms with van der Waals surface area (Å²) in [7, 11) is 0. The molecule has 1 N–H and O–H groups in total. The first-order valence-corrected chi connectivity index (χ1v) is 11.3. The Balaban J connectivity index is 1.41. The van der Waals surface area contributed by atoms with Gasteiger partial charge in [0.05, 0.1) is 12.1 Å². The number of benzene rings is 3. The van der Waals surface area contributed by atoms with Crippen LogP contribution in [0.2, 0.25) is 0 Å². The summed E-state index contributed by atoms with van der Waals surface area (Å²) in [6.45, 7) is 1.47. The second-order valence-corrected chi connectivity index (χ2v) is 8.40. The SMILES string of the molecule is O=C(NCc1cccc(C(F)(F)F)c1)c1ccc(CN(Cc2ccccc2)Cc2ccc(F)cc2)o1. The molecule has 186 valence electrons. The van der Waals surface area contributed by atoms with Crippen molar-refractivity contribution >= 4 is 5.91 Å². The number of rotatable bonds is 9. The highest BCUT2D eigenvalue weighted by atomic mass is 19.4. The number of hydrogen-bond acceptors (Lipinski definition) is 3. The van der Waals surface area contributed by atoms with E-state index >= 15 is 0 Å². The van der Waals surface area contributed by atoms with E-state index in [-0.39, 0.29) is 18.1 Å². The summed E-state index contributed by atoms with van der Waals surface area (Å²) in [5.41, 5.74) is 1.58. The van der Waals surface area contributed by atoms with Gasteiger partial charge in [-0.05, 0) is 53.1 Å². The largest absolute Gasteiger partial charge is 0.455 e. The topological polar surface area (TPSA) is 45.5 Å². The van der Waals surface area contributed by atoms with Crippen LogP contribution in [-0.4, -0.2) is 10.8 Å². The van der Waals surface area contributed by atoms with Crippen LogP contribution >= 0.6 is 0 Å². The van der Waals surface area contributed by atoms with Gasteiger partial charge in [0.15, 0.2) is 5.76 Å². The Labute approximate surface area is 206 Å². The number of nitrogens with zero attached hydrogens (tertiary/aromatic N) is 1. The maximum atomic E-state index is 13.3. The van der Waals surface area contributed by atoms with E-state index in [1.54, 1.807) is 18.2 Å². The third-order valence-corrected chi connectivity index (χ3v) is 5.54. The highest BCUT2D eigenvalue weighted by Gasteiger charge is 2.30. The summed E-state index contributed by atoms with van der Waals surface area (Å²) >= 11 is 0. The average Bonchev–Trinajstić information content (AvgIpc) is 3.33. The van der Waals surface area contributed by atoms with E-state index in [0.717, 1.165) is 23.3 Å². The maximum Gasteiger partial charge on any atom is 0.416 e. The number of hydrogen-bond donors (Lipinski definition) is 1. The molecule has 0 aliphatic rings. The molecule has 4 nitrogen and oxygen atoms in total. The van der Waals surface area contributed by atoms with Crippen molar-refractivity contribution in [1.82, 2.24) is 10.2 Å². The van der Waals surface area contributed by atoms with Crippen LogP contribution in [-0.2, 0) is 32.4 Å². The van der Waals surface area contributed by atoms with Gasteiger partial charge in [0.2, 0.25) is 0 Å². The quantitative estimate of drug-likeness (QED) is 0.267. The molecule has 0 saturated heterocycles. The Morgan fingerprint density at radius 1 is 0.778 bits per heavy atom. The second-order valence-electron chi connectivity index (χ2n) is 8.40. The fourth-order valence-corrected chi connectivity index (χ4v) is 3.79. The molecule has 0 radical (unpaired) electrons. The Kier molecular flexibility index (Phi) is 7.85. The van der Waals surface area contributed by atoms with Crippen molar-refractivity contribution in [2.45, 2.75) is 32.4 Å². The van der Waals surface area contributed by atoms with E-state index in [1.165, 1.54) is 30.3 Å². The smallest absolute Gasteiger partial charge is 0.416 e. The van der Waals surface area contributed by atoms with Crippen molar-refractivity contribution in [2.75, 3.05) is 0 Å². The number of halogens is 4. The molecule has 0 aliphatic heterocycles. The zero-order valence-corrected chi connectivity index (χ0v) is 19.3. The summed E-state index contributed by atoms with van der Waals surface area (Å²) in [6, 6.07) is 24.2. The van der Waals surface area contributed by atoms with Crippen LogP contribution in [0.4, 0.5) is 17.6 Å². The number of furan rings is 1. The molecule has 1 heterocycles. The van der Waals surface area contributed by atoms with Gasteiger partial charge < -0.3 is 9.73 Å². The fraction of sp³-hybridized carbons (Fsp3) is 0.179. The predicted molar refractivity (Wildman–Crippen MR) is 127 cm³/mol. The maximum absolute atomic E-state index is 13.3. The molecule has 0 spiro atoms. The number of carbonyl (C=O) groups excluding carboxylic acids is 1. The summed E-state index contributed by atoms with van der Waals surface area (Å²) in [5, 5.41) is 2.60. The number of alkyl halides is 3. The van der Waals surface area contributed by atoms with Gasteiger partial charge in [0.1, 0.15) is 11.6 Å². The van der Waals surface area contributed by atoms with Crippen LogP contribution in [0.15, 0.2) is 95.4 Å². The van der Waals surface area contributed by atoms with Gasteiger partial charge >= 0.3 is 6.18 Å². The molecule has 0 atom stereocenters. The van der Waals surface area contributed by atoms with Gasteiger partial charge in [-0.15, -0.1) is 0 Å². The minimum Gasteiger partial charge on any atom is -0.455 e. The van der Waals surface area contributed by atoms with Crippen LogP contribution in [0.1, 0.15) is 38.6 Å². The minimum atomic E-state index is -4.45. The van der Waals surface area contributed by atoms with Crippen LogP contribution in [0, 0.1) is 5.82 Å². The van der Waals surface area contributed by atoms with Gasteiger partial charge in [0.25, 0.3) is 5.91 Å². The van der Waals surface area contributed by atoms with Gasteiger partial charge in [-0.2, -0.15) is 13.2 Å². The molecular formula is C28H24F4N2O2. The van der Waals surface area contributed by atoms with E-state index in [4.69, 9.17) is 4.42 Å². The molecule has 0 unspecified atom stereocenters. The Morgan fingerprint density at radius 2 is 1.44 bits per heavy atom. The Hall–Kier alpha value is -3.91. The molecule has 4 rings (SSSR count). The second kappa shape index (κ2) is 11.2. The van der Waals surface area contributed by atoms with Crippen LogP contribution in [0.5, 0.6) is 0 Å². The van der Waals surface area contributed by atoms with Crippen molar-refractivity contribution in [1.29, 1.82) is 0 Å². The van der Waals surface area contributed by atoms with Crippen molar-refractivity contribution in [2.24, 2.45) is 0 Å². The summed E-state index contributed by atoms with van der Waals surface area (Å²) in [6.07, 6.45) is -4.45. The lowest BCUT2D eigenvalue weighted by atomic mass is 10.1. The number of carbonyl (C=O) groups is 1. The standard InChI is InChI=1S/C28H24F4N2O2/c29-24-11-9-21(10-12-24)18-34(17-20-5-2-1-3-6-20)19-25-13-14-26(36-25)27(35)33-16-22-7-4-8-23(15-22)28(30,31)32/h1-15H,16-19H2,(H,33,35). The van der Waals surface area contributed by atoms with Crippen molar-refractivity contribution in [3.8, 4) is 0 Å². The van der Waals surface area contributed by atoms with Crippen LogP contribution in [0.3, 0.4) is 0 Å². The normalized spacial score (nSPS) is 11.6. The first-order chi connectivity index (χ1) is 17.3. The van der Waals surface area contributed by atoms with E-state index in [2.05, 4.69) is 10.2 Å². The first kappa shape index (κ1) is 25.2. The third-order valence-electron chi connectivity index (χ3n) is 5.54. The van der Waals surface area contributed by atoms with Crippen LogP contribution in [0.25, 0.3) is 0 Å². The molecule has 0 aliphatic carbocycles. The monoisotopic (exact) mass is 496 g/mol. The lowest BCUT2D eigenvalue weighted by Gasteiger charge is -2.21. The zero-order chi connectivity index (χ0) is 25.5. The molecule has 4 aromatic rings. The van der Waals surface area contributed by atoms with E-state index < -0.39 is 17.6 Å². The van der Waals surface area contributed by atoms with Gasteiger partial charge in [-0.1, -0.05) is 54.6 Å². The molecule has 1 aromatic heterocycles. The molecule has 0 fully saturated rings. The van der Waals surface area contributed by atoms with E-state index in [9.17, 15) is 22.4 Å². The molecular weight excluding hydrogens is 472 g/mol. The van der Waals surface area contributed by atoms with Crippen molar-refractivity contribution < 1.29 is 26.8 Å². The highest BCUT2D eigenvalue weighted by Crippen LogP contribution is 2.29. The lowest BCUT2D eigenvalue weighted by molar-refractivity contribution is -0.137. The summed E-state index contributed by atoms with van der Waals surface area (Å²) < 4.78 is 57.8. The zero-order valence-electron chi connectivity index (χ0n) is 19.3. The molecule has 8 heteroatoms. The fourth-order valence-electron chi connectivity index (χ4n) is 3.79. The third kappa shape index (κ3) is 7.05. The predicted octanol–water partition coefficient (Wildman–Crippen LogP) is 6.57. The van der Waals surface area contributed by atoms with E-state index in [0.29, 0.717) is 31.0 Å². The summed E-state index contributed by atoms with van der Waals surface area (Å²) in [5.74, 6) is -0.206.